The van der Waals surface area contributed by atoms with E-state index in [1.165, 1.54) is 31.4 Å². The smallest absolute Gasteiger partial charge is 0.388 e. The second-order valence-electron chi connectivity index (χ2n) is 7.64. The van der Waals surface area contributed by atoms with Crippen LogP contribution in [0.25, 0.3) is 4.72 Å². The summed E-state index contributed by atoms with van der Waals surface area (Å²) in [6, 6.07) is 9.47. The Bertz CT molecular complexity index is 1490. The SMILES string of the molecule is COc1cc(Cc2c[nH+]c(N)nc2N)cc(OC)c1OC.COc1nsnc1[N-]S(=O)(=O)c1ccc(N)cc1. The van der Waals surface area contributed by atoms with E-state index in [1.54, 1.807) is 27.5 Å². The molecule has 0 amide bonds. The fraction of sp³-hybridized carbons (Fsp3) is 0.217. The fourth-order valence-electron chi connectivity index (χ4n) is 3.23. The number of aromatic amines is 1. The van der Waals surface area contributed by atoms with Crippen molar-refractivity contribution in [3.63, 3.8) is 0 Å². The Morgan fingerprint density at radius 1 is 0.923 bits per heavy atom. The monoisotopic (exact) mass is 576 g/mol. The largest absolute Gasteiger partial charge is 0.493 e. The Morgan fingerprint density at radius 2 is 1.56 bits per heavy atom. The summed E-state index contributed by atoms with van der Waals surface area (Å²) in [6.07, 6.45) is 2.30. The molecule has 16 heteroatoms. The van der Waals surface area contributed by atoms with Gasteiger partial charge >= 0.3 is 5.95 Å². The van der Waals surface area contributed by atoms with E-state index in [1.807, 2.05) is 12.1 Å². The first-order valence-electron chi connectivity index (χ1n) is 11.0. The number of sulfonamides is 1. The van der Waals surface area contributed by atoms with Gasteiger partial charge in [0.2, 0.25) is 27.5 Å². The first-order chi connectivity index (χ1) is 18.6. The Labute approximate surface area is 229 Å². The minimum atomic E-state index is -3.84. The minimum Gasteiger partial charge on any atom is -0.493 e. The number of nitrogens with one attached hydrogen (secondary N) is 1. The molecule has 0 aliphatic heterocycles. The number of nitrogens with two attached hydrogens (primary N) is 3. The van der Waals surface area contributed by atoms with Crippen molar-refractivity contribution >= 4 is 45.0 Å². The summed E-state index contributed by atoms with van der Waals surface area (Å²) in [6.45, 7) is 0. The number of H-pyrrole nitrogens is 1. The van der Waals surface area contributed by atoms with Gasteiger partial charge in [-0.2, -0.15) is 4.37 Å². The predicted molar refractivity (Wildman–Crippen MR) is 146 cm³/mol. The van der Waals surface area contributed by atoms with Crippen molar-refractivity contribution in [3.8, 4) is 23.1 Å². The highest BCUT2D eigenvalue weighted by atomic mass is 32.2. The third kappa shape index (κ3) is 7.26. The summed E-state index contributed by atoms with van der Waals surface area (Å²) >= 11 is 0.826. The standard InChI is InChI=1S/C14H18N4O3.C9H9N4O3S2/c1-19-10-5-8(6-11(20-2)12(10)21-3)4-9-7-17-14(16)18-13(9)15;1-16-9-8(11-17-12-9)13-18(14,15)7-4-2-6(10)3-5-7/h5-7H,4H2,1-3H3,(H4,15,16,17,18);2-5H,10H2,1H3/q;-1/p+1. The van der Waals surface area contributed by atoms with Gasteiger partial charge in [0.25, 0.3) is 0 Å². The maximum Gasteiger partial charge on any atom is 0.388 e. The van der Waals surface area contributed by atoms with E-state index in [2.05, 4.69) is 23.4 Å². The van der Waals surface area contributed by atoms with E-state index in [0.29, 0.717) is 35.2 Å². The summed E-state index contributed by atoms with van der Waals surface area (Å²) in [5, 5.41) is 0. The van der Waals surface area contributed by atoms with Gasteiger partial charge < -0.3 is 39.5 Å². The normalized spacial score (nSPS) is 10.7. The van der Waals surface area contributed by atoms with Crippen molar-refractivity contribution in [3.05, 3.63) is 58.4 Å². The van der Waals surface area contributed by atoms with Crippen LogP contribution in [0.4, 0.5) is 23.3 Å². The molecule has 14 nitrogen and oxygen atoms in total. The first-order valence-corrected chi connectivity index (χ1v) is 13.2. The molecule has 2 heterocycles. The number of methoxy groups -OCH3 is 4. The average molecular weight is 577 g/mol. The number of rotatable bonds is 9. The van der Waals surface area contributed by atoms with E-state index < -0.39 is 10.0 Å². The lowest BCUT2D eigenvalue weighted by molar-refractivity contribution is -0.364. The molecule has 2 aromatic heterocycles. The van der Waals surface area contributed by atoms with Gasteiger partial charge in [-0.15, -0.1) is 0 Å². The highest BCUT2D eigenvalue weighted by Gasteiger charge is 2.16. The predicted octanol–water partition coefficient (Wildman–Crippen LogP) is 2.20. The summed E-state index contributed by atoms with van der Waals surface area (Å²) in [4.78, 5) is 6.88. The molecule has 0 bridgehead atoms. The fourth-order valence-corrected chi connectivity index (χ4v) is 4.69. The van der Waals surface area contributed by atoms with Crippen LogP contribution in [0.2, 0.25) is 0 Å². The number of ether oxygens (including phenoxy) is 4. The van der Waals surface area contributed by atoms with Gasteiger partial charge in [-0.05, 0) is 53.7 Å². The van der Waals surface area contributed by atoms with Crippen LogP contribution in [0.1, 0.15) is 11.1 Å². The summed E-state index contributed by atoms with van der Waals surface area (Å²) in [5.41, 5.74) is 19.2. The molecule has 4 rings (SSSR count). The summed E-state index contributed by atoms with van der Waals surface area (Å²) in [5.74, 6) is 2.44. The maximum atomic E-state index is 12.0. The summed E-state index contributed by atoms with van der Waals surface area (Å²) in [7, 11) is 2.25. The number of nitrogen functional groups attached to an aromatic ring is 3. The molecule has 0 fully saturated rings. The lowest BCUT2D eigenvalue weighted by Gasteiger charge is -2.14. The molecule has 0 radical (unpaired) electrons. The lowest BCUT2D eigenvalue weighted by atomic mass is 10.1. The molecule has 0 saturated heterocycles. The van der Waals surface area contributed by atoms with Crippen LogP contribution in [-0.4, -0.2) is 50.6 Å². The number of anilines is 3. The van der Waals surface area contributed by atoms with Crippen LogP contribution in [0, 0.1) is 0 Å². The molecular formula is C23H28N8O6S2. The van der Waals surface area contributed by atoms with Crippen molar-refractivity contribution < 1.29 is 32.3 Å². The Hall–Kier alpha value is -4.57. The molecule has 0 saturated carbocycles. The zero-order valence-corrected chi connectivity index (χ0v) is 23.2. The number of aromatic nitrogens is 4. The third-order valence-corrected chi connectivity index (χ3v) is 6.89. The second kappa shape index (κ2) is 12.8. The number of hydrogen-bond acceptors (Lipinski definition) is 13. The minimum absolute atomic E-state index is 0.0340. The molecule has 0 aliphatic rings. The topological polar surface area (TPSA) is 216 Å². The second-order valence-corrected chi connectivity index (χ2v) is 9.77. The van der Waals surface area contributed by atoms with Gasteiger partial charge in [-0.1, -0.05) is 4.98 Å². The summed E-state index contributed by atoms with van der Waals surface area (Å²) < 4.78 is 55.8. The van der Waals surface area contributed by atoms with Gasteiger partial charge in [0.05, 0.1) is 39.5 Å². The molecule has 0 atom stereocenters. The van der Waals surface area contributed by atoms with Crippen LogP contribution < -0.4 is 41.1 Å². The molecule has 7 N–H and O–H groups in total. The zero-order chi connectivity index (χ0) is 28.6. The van der Waals surface area contributed by atoms with E-state index >= 15 is 0 Å². The van der Waals surface area contributed by atoms with Crippen molar-refractivity contribution in [2.45, 2.75) is 11.3 Å². The molecule has 0 unspecified atom stereocenters. The maximum absolute atomic E-state index is 12.0. The van der Waals surface area contributed by atoms with Gasteiger partial charge in [0.15, 0.2) is 11.5 Å². The van der Waals surface area contributed by atoms with Gasteiger partial charge in [0.1, 0.15) is 0 Å². The highest BCUT2D eigenvalue weighted by Crippen LogP contribution is 2.39. The van der Waals surface area contributed by atoms with Crippen LogP contribution in [0.3, 0.4) is 0 Å². The van der Waals surface area contributed by atoms with E-state index in [9.17, 15) is 8.42 Å². The molecule has 208 valence electrons. The van der Waals surface area contributed by atoms with Crippen molar-refractivity contribution in [2.75, 3.05) is 45.6 Å². The number of benzene rings is 2. The van der Waals surface area contributed by atoms with Crippen LogP contribution in [0.15, 0.2) is 47.5 Å². The highest BCUT2D eigenvalue weighted by molar-refractivity contribution is 7.94. The Balaban J connectivity index is 0.000000218. The van der Waals surface area contributed by atoms with E-state index in [4.69, 9.17) is 36.1 Å². The first kappa shape index (κ1) is 29.0. The number of nitrogens with zero attached hydrogens (tertiary/aromatic N) is 4. The van der Waals surface area contributed by atoms with Crippen molar-refractivity contribution in [2.24, 2.45) is 0 Å². The van der Waals surface area contributed by atoms with Crippen LogP contribution in [-0.2, 0) is 16.4 Å². The molecular weight excluding hydrogens is 548 g/mol. The lowest BCUT2D eigenvalue weighted by Crippen LogP contribution is -2.16. The Morgan fingerprint density at radius 3 is 2.10 bits per heavy atom. The molecule has 39 heavy (non-hydrogen) atoms. The Kier molecular flexibility index (Phi) is 9.51. The molecule has 0 aliphatic carbocycles. The van der Waals surface area contributed by atoms with Gasteiger partial charge in [0, 0.05) is 23.5 Å². The van der Waals surface area contributed by atoms with Crippen LogP contribution >= 0.6 is 11.7 Å². The molecule has 4 aromatic rings. The van der Waals surface area contributed by atoms with E-state index in [-0.39, 0.29) is 22.5 Å². The quantitative estimate of drug-likeness (QED) is 0.244. The van der Waals surface area contributed by atoms with Gasteiger partial charge in [-0.3, -0.25) is 5.73 Å². The third-order valence-electron chi connectivity index (χ3n) is 5.10. The van der Waals surface area contributed by atoms with Crippen molar-refractivity contribution in [1.82, 2.24) is 13.7 Å². The molecule has 2 aromatic carbocycles. The van der Waals surface area contributed by atoms with E-state index in [0.717, 1.165) is 22.9 Å². The zero-order valence-electron chi connectivity index (χ0n) is 21.5. The van der Waals surface area contributed by atoms with Crippen LogP contribution in [0.5, 0.6) is 23.1 Å². The molecule has 0 spiro atoms. The average Bonchev–Trinajstić information content (AvgIpc) is 3.36. The number of hydrogen-bond donors (Lipinski definition) is 3. The van der Waals surface area contributed by atoms with Gasteiger partial charge in [-0.25, -0.2) is 13.4 Å². The van der Waals surface area contributed by atoms with Crippen molar-refractivity contribution in [1.29, 1.82) is 0 Å².